The second-order valence-electron chi connectivity index (χ2n) is 9.80. The molecule has 3 unspecified atom stereocenters. The van der Waals surface area contributed by atoms with Crippen molar-refractivity contribution in [1.29, 1.82) is 0 Å². The molecule has 4 N–H and O–H groups in total. The lowest BCUT2D eigenvalue weighted by molar-refractivity contribution is -0.120. The lowest BCUT2D eigenvalue weighted by atomic mass is 9.94. The van der Waals surface area contributed by atoms with E-state index in [1.54, 1.807) is 0 Å². The lowest BCUT2D eigenvalue weighted by Gasteiger charge is -2.18. The van der Waals surface area contributed by atoms with Crippen LogP contribution in [-0.2, 0) is 4.79 Å². The molecule has 1 aliphatic carbocycles. The molecule has 0 saturated heterocycles. The van der Waals surface area contributed by atoms with Crippen molar-refractivity contribution in [2.24, 2.45) is 28.3 Å². The van der Waals surface area contributed by atoms with Gasteiger partial charge in [-0.3, -0.25) is 9.79 Å². The van der Waals surface area contributed by atoms with Crippen LogP contribution in [0.4, 0.5) is 0 Å². The van der Waals surface area contributed by atoms with Crippen LogP contribution in [0.2, 0.25) is 0 Å². The molecule has 0 aromatic heterocycles. The predicted molar refractivity (Wildman–Crippen MR) is 130 cm³/mol. The van der Waals surface area contributed by atoms with Gasteiger partial charge in [0.2, 0.25) is 0 Å². The number of rotatable bonds is 8. The Morgan fingerprint density at radius 3 is 2.58 bits per heavy atom. The van der Waals surface area contributed by atoms with Crippen LogP contribution in [0.25, 0.3) is 5.57 Å². The summed E-state index contributed by atoms with van der Waals surface area (Å²) >= 11 is 0. The molecule has 4 heteroatoms. The molecule has 0 radical (unpaired) electrons. The Bertz CT molecular complexity index is 924. The Hall–Kier alpha value is -2.22. The van der Waals surface area contributed by atoms with E-state index >= 15 is 0 Å². The van der Waals surface area contributed by atoms with Crippen LogP contribution in [0, 0.1) is 23.7 Å². The monoisotopic (exact) mass is 419 g/mol. The van der Waals surface area contributed by atoms with E-state index in [1.807, 2.05) is 13.8 Å². The van der Waals surface area contributed by atoms with Crippen LogP contribution < -0.4 is 11.5 Å². The fourth-order valence-electron chi connectivity index (χ4n) is 4.69. The average molecular weight is 420 g/mol. The first-order valence-electron chi connectivity index (χ1n) is 11.6. The number of nitrogens with zero attached hydrogens (tertiary/aromatic N) is 1. The Labute approximate surface area is 187 Å². The lowest BCUT2D eigenvalue weighted by Crippen LogP contribution is -2.35. The van der Waals surface area contributed by atoms with Gasteiger partial charge in [-0.2, -0.15) is 0 Å². The summed E-state index contributed by atoms with van der Waals surface area (Å²) < 4.78 is 0. The number of nitrogens with two attached hydrogens (primary N) is 2. The molecular weight excluding hydrogens is 382 g/mol. The molecule has 0 amide bonds. The summed E-state index contributed by atoms with van der Waals surface area (Å²) in [5, 5.41) is 0. The third kappa shape index (κ3) is 5.93. The molecule has 166 valence electrons. The summed E-state index contributed by atoms with van der Waals surface area (Å²) in [6.45, 7) is 8.94. The van der Waals surface area contributed by atoms with Crippen LogP contribution in [0.15, 0.2) is 35.3 Å². The molecule has 0 spiro atoms. The Kier molecular flexibility index (Phi) is 7.19. The van der Waals surface area contributed by atoms with Gasteiger partial charge in [-0.1, -0.05) is 44.2 Å². The number of dihydropyridines is 1. The standard InChI is InChI=1S/C27H37N3O/c1-5-22-17-21(14-16-30-22)20-10-7-19(8-11-20)9-12-25-24(6-2)27(25,29)15-13-23(31)18-26(3,4)28/h7-8,10-11,17,24-25H,5-6,13-16,18,28-29H2,1-4H3. The second-order valence-corrected chi connectivity index (χ2v) is 9.80. The fourth-order valence-corrected chi connectivity index (χ4v) is 4.69. The number of hydrogen-bond acceptors (Lipinski definition) is 4. The first-order valence-corrected chi connectivity index (χ1v) is 11.6. The normalized spacial score (nSPS) is 25.2. The number of benzene rings is 1. The molecule has 3 atom stereocenters. The van der Waals surface area contributed by atoms with Gasteiger partial charge in [0.25, 0.3) is 0 Å². The van der Waals surface area contributed by atoms with E-state index in [2.05, 4.69) is 61.0 Å². The highest BCUT2D eigenvalue weighted by atomic mass is 16.1. The van der Waals surface area contributed by atoms with Gasteiger partial charge in [-0.15, -0.1) is 0 Å². The topological polar surface area (TPSA) is 81.5 Å². The van der Waals surface area contributed by atoms with Crippen LogP contribution >= 0.6 is 0 Å². The van der Waals surface area contributed by atoms with Crippen LogP contribution in [0.3, 0.4) is 0 Å². The molecule has 1 aliphatic heterocycles. The molecule has 1 heterocycles. The summed E-state index contributed by atoms with van der Waals surface area (Å²) in [4.78, 5) is 16.8. The molecule has 0 bridgehead atoms. The summed E-state index contributed by atoms with van der Waals surface area (Å²) in [5.41, 5.74) is 16.6. The highest BCUT2D eigenvalue weighted by Crippen LogP contribution is 2.53. The van der Waals surface area contributed by atoms with E-state index in [9.17, 15) is 4.79 Å². The Morgan fingerprint density at radius 1 is 1.26 bits per heavy atom. The molecule has 3 rings (SSSR count). The van der Waals surface area contributed by atoms with Gasteiger partial charge in [0.15, 0.2) is 0 Å². The molecule has 1 saturated carbocycles. The third-order valence-corrected chi connectivity index (χ3v) is 6.52. The van der Waals surface area contributed by atoms with E-state index in [4.69, 9.17) is 11.5 Å². The third-order valence-electron chi connectivity index (χ3n) is 6.52. The summed E-state index contributed by atoms with van der Waals surface area (Å²) in [6, 6.07) is 8.49. The van der Waals surface area contributed by atoms with Crippen LogP contribution in [-0.4, -0.2) is 29.1 Å². The number of ketones is 1. The first kappa shape index (κ1) is 23.4. The second kappa shape index (κ2) is 9.51. The summed E-state index contributed by atoms with van der Waals surface area (Å²) in [6.07, 6.45) is 6.74. The fraction of sp³-hybridized carbons (Fsp3) is 0.556. The molecule has 1 fully saturated rings. The quantitative estimate of drug-likeness (QED) is 0.609. The van der Waals surface area contributed by atoms with Crippen molar-refractivity contribution < 1.29 is 4.79 Å². The Balaban J connectivity index is 1.62. The zero-order valence-electron chi connectivity index (χ0n) is 19.5. The smallest absolute Gasteiger partial charge is 0.134 e. The van der Waals surface area contributed by atoms with Crippen LogP contribution in [0.1, 0.15) is 77.3 Å². The minimum absolute atomic E-state index is 0.153. The van der Waals surface area contributed by atoms with E-state index in [0.717, 1.165) is 31.4 Å². The number of hydrogen-bond donors (Lipinski definition) is 2. The van der Waals surface area contributed by atoms with Gasteiger partial charge in [-0.05, 0) is 68.4 Å². The van der Waals surface area contributed by atoms with Crippen molar-refractivity contribution in [3.8, 4) is 11.8 Å². The maximum Gasteiger partial charge on any atom is 0.134 e. The largest absolute Gasteiger partial charge is 0.325 e. The number of carbonyl (C=O) groups excluding carboxylic acids is 1. The van der Waals surface area contributed by atoms with E-state index in [0.29, 0.717) is 25.2 Å². The van der Waals surface area contributed by atoms with Gasteiger partial charge in [-0.25, -0.2) is 0 Å². The molecule has 4 nitrogen and oxygen atoms in total. The SMILES string of the molecule is CCC1=NCCC(c2ccc(C#CC3C(CC)C3(N)CCC(=O)CC(C)(C)N)cc2)=C1. The van der Waals surface area contributed by atoms with Gasteiger partial charge in [0.05, 0.1) is 0 Å². The van der Waals surface area contributed by atoms with Crippen molar-refractivity contribution in [1.82, 2.24) is 0 Å². The Morgan fingerprint density at radius 2 is 1.97 bits per heavy atom. The van der Waals surface area contributed by atoms with Gasteiger partial charge < -0.3 is 11.5 Å². The van der Waals surface area contributed by atoms with Crippen LogP contribution in [0.5, 0.6) is 0 Å². The van der Waals surface area contributed by atoms with Crippen molar-refractivity contribution in [3.05, 3.63) is 41.5 Å². The number of carbonyl (C=O) groups is 1. The number of allylic oxidation sites excluding steroid dienone is 1. The van der Waals surface area contributed by atoms with Gasteiger partial charge in [0.1, 0.15) is 5.78 Å². The summed E-state index contributed by atoms with van der Waals surface area (Å²) in [5.74, 6) is 7.43. The van der Waals surface area contributed by atoms with Crippen molar-refractivity contribution in [3.63, 3.8) is 0 Å². The zero-order valence-corrected chi connectivity index (χ0v) is 19.5. The van der Waals surface area contributed by atoms with E-state index in [1.165, 1.54) is 16.8 Å². The molecule has 2 aliphatic rings. The molecule has 1 aromatic rings. The minimum Gasteiger partial charge on any atom is -0.325 e. The minimum atomic E-state index is -0.462. The maximum atomic E-state index is 12.2. The van der Waals surface area contributed by atoms with Crippen molar-refractivity contribution in [2.45, 2.75) is 77.3 Å². The first-order chi connectivity index (χ1) is 14.7. The van der Waals surface area contributed by atoms with Gasteiger partial charge >= 0.3 is 0 Å². The highest BCUT2D eigenvalue weighted by molar-refractivity contribution is 6.01. The van der Waals surface area contributed by atoms with Crippen molar-refractivity contribution >= 4 is 17.1 Å². The van der Waals surface area contributed by atoms with Crippen molar-refractivity contribution in [2.75, 3.05) is 6.54 Å². The zero-order chi connectivity index (χ0) is 22.6. The predicted octanol–water partition coefficient (Wildman–Crippen LogP) is 4.51. The molecule has 1 aromatic carbocycles. The number of aliphatic imine (C=N–C) groups is 1. The highest BCUT2D eigenvalue weighted by Gasteiger charge is 2.59. The number of Topliss-reactive ketones (excluding diaryl/α,β-unsaturated/α-hetero) is 1. The average Bonchev–Trinajstić information content (AvgIpc) is 3.32. The van der Waals surface area contributed by atoms with E-state index in [-0.39, 0.29) is 17.2 Å². The van der Waals surface area contributed by atoms with Gasteiger partial charge in [0, 0.05) is 47.7 Å². The van der Waals surface area contributed by atoms with E-state index < -0.39 is 5.54 Å². The molecular formula is C27H37N3O. The summed E-state index contributed by atoms with van der Waals surface area (Å²) in [7, 11) is 0. The molecule has 31 heavy (non-hydrogen) atoms. The maximum absolute atomic E-state index is 12.2.